The molecule has 0 bridgehead atoms. The van der Waals surface area contributed by atoms with Crippen LogP contribution in [0.15, 0.2) is 41.3 Å². The van der Waals surface area contributed by atoms with Gasteiger partial charge in [0.1, 0.15) is 5.75 Å². The molecule has 1 N–H and O–H groups in total. The Kier molecular flexibility index (Phi) is 3.90. The van der Waals surface area contributed by atoms with E-state index in [0.29, 0.717) is 12.0 Å². The Morgan fingerprint density at radius 2 is 2.16 bits per heavy atom. The number of rotatable bonds is 2. The van der Waals surface area contributed by atoms with Gasteiger partial charge in [0.15, 0.2) is 0 Å². The minimum absolute atomic E-state index is 0.621. The molecule has 5 rings (SSSR count). The highest BCUT2D eigenvalue weighted by atomic mass is 32.2. The van der Waals surface area contributed by atoms with Crippen molar-refractivity contribution >= 4 is 17.4 Å². The third-order valence-electron chi connectivity index (χ3n) is 5.86. The first-order chi connectivity index (χ1) is 12.4. The fraction of sp³-hybridized carbons (Fsp3) is 0.429. The van der Waals surface area contributed by atoms with E-state index >= 15 is 0 Å². The summed E-state index contributed by atoms with van der Waals surface area (Å²) in [4.78, 5) is 4.19. The molecule has 0 spiro atoms. The molecule has 1 saturated heterocycles. The summed E-state index contributed by atoms with van der Waals surface area (Å²) in [5.74, 6) is 2.80. The Hall–Kier alpha value is -1.65. The van der Waals surface area contributed by atoms with Crippen molar-refractivity contribution in [1.29, 1.82) is 0 Å². The van der Waals surface area contributed by atoms with E-state index < -0.39 is 0 Å². The van der Waals surface area contributed by atoms with Crippen molar-refractivity contribution in [3.05, 3.63) is 42.0 Å². The van der Waals surface area contributed by atoms with E-state index in [4.69, 9.17) is 4.74 Å². The maximum atomic E-state index is 5.63. The van der Waals surface area contributed by atoms with E-state index in [2.05, 4.69) is 40.5 Å². The van der Waals surface area contributed by atoms with Gasteiger partial charge in [-0.25, -0.2) is 0 Å². The number of hydrogen-bond donors (Lipinski definition) is 1. The van der Waals surface area contributed by atoms with Crippen molar-refractivity contribution in [1.82, 2.24) is 5.32 Å². The number of nitrogens with zero attached hydrogens (tertiary/aromatic N) is 1. The highest BCUT2D eigenvalue weighted by Crippen LogP contribution is 2.51. The molecular weight excluding hydrogens is 328 g/mol. The molecule has 1 fully saturated rings. The van der Waals surface area contributed by atoms with Crippen molar-refractivity contribution in [2.24, 2.45) is 0 Å². The Balaban J connectivity index is 1.69. The number of fused-ring (bicyclic) bond motifs is 3. The van der Waals surface area contributed by atoms with Crippen LogP contribution in [0.5, 0.6) is 5.75 Å². The predicted octanol–water partition coefficient (Wildman–Crippen LogP) is 4.12. The highest BCUT2D eigenvalue weighted by Gasteiger charge is 2.41. The average molecular weight is 353 g/mol. The first-order valence-corrected chi connectivity index (χ1v) is 10.3. The second-order valence-corrected chi connectivity index (χ2v) is 8.31. The fourth-order valence-electron chi connectivity index (χ4n) is 4.76. The third-order valence-corrected chi connectivity index (χ3v) is 6.97. The van der Waals surface area contributed by atoms with Gasteiger partial charge in [0, 0.05) is 35.5 Å². The zero-order valence-electron chi connectivity index (χ0n) is 14.6. The fourth-order valence-corrected chi connectivity index (χ4v) is 5.84. The van der Waals surface area contributed by atoms with Crippen LogP contribution >= 0.6 is 11.8 Å². The SMILES string of the molecule is COc1ccccc1-c1cc2c3c(c1)C1CNCCC1N3CCCS2. The molecule has 3 nitrogen and oxygen atoms in total. The molecule has 3 heterocycles. The summed E-state index contributed by atoms with van der Waals surface area (Å²) in [7, 11) is 1.76. The van der Waals surface area contributed by atoms with Gasteiger partial charge in [-0.2, -0.15) is 0 Å². The van der Waals surface area contributed by atoms with Crippen molar-refractivity contribution in [3.8, 4) is 16.9 Å². The molecule has 2 atom stereocenters. The summed E-state index contributed by atoms with van der Waals surface area (Å²) in [5.41, 5.74) is 5.57. The molecule has 25 heavy (non-hydrogen) atoms. The quantitative estimate of drug-likeness (QED) is 0.879. The smallest absolute Gasteiger partial charge is 0.126 e. The van der Waals surface area contributed by atoms with Crippen LogP contribution < -0.4 is 15.0 Å². The third kappa shape index (κ3) is 2.46. The lowest BCUT2D eigenvalue weighted by atomic mass is 9.88. The van der Waals surface area contributed by atoms with E-state index in [0.717, 1.165) is 18.8 Å². The number of hydrogen-bond acceptors (Lipinski definition) is 4. The lowest BCUT2D eigenvalue weighted by molar-refractivity contribution is 0.403. The molecule has 2 aromatic carbocycles. The van der Waals surface area contributed by atoms with Crippen LogP contribution in [0, 0.1) is 0 Å². The largest absolute Gasteiger partial charge is 0.496 e. The number of piperidine rings is 1. The van der Waals surface area contributed by atoms with Gasteiger partial charge in [0.05, 0.1) is 12.8 Å². The van der Waals surface area contributed by atoms with Gasteiger partial charge < -0.3 is 15.0 Å². The van der Waals surface area contributed by atoms with Crippen molar-refractivity contribution < 1.29 is 4.74 Å². The minimum Gasteiger partial charge on any atom is -0.496 e. The maximum Gasteiger partial charge on any atom is 0.126 e. The van der Waals surface area contributed by atoms with Crippen LogP contribution in [-0.2, 0) is 0 Å². The number of anilines is 1. The van der Waals surface area contributed by atoms with Crippen molar-refractivity contribution in [2.75, 3.05) is 37.4 Å². The highest BCUT2D eigenvalue weighted by molar-refractivity contribution is 7.99. The van der Waals surface area contributed by atoms with E-state index in [1.807, 2.05) is 17.8 Å². The number of benzene rings is 2. The van der Waals surface area contributed by atoms with Gasteiger partial charge >= 0.3 is 0 Å². The first kappa shape index (κ1) is 15.6. The van der Waals surface area contributed by atoms with Crippen LogP contribution in [-0.4, -0.2) is 38.5 Å². The first-order valence-electron chi connectivity index (χ1n) is 9.28. The van der Waals surface area contributed by atoms with Crippen LogP contribution in [0.4, 0.5) is 5.69 Å². The van der Waals surface area contributed by atoms with E-state index in [1.54, 1.807) is 12.7 Å². The van der Waals surface area contributed by atoms with E-state index in [-0.39, 0.29) is 0 Å². The van der Waals surface area contributed by atoms with Crippen LogP contribution in [0.2, 0.25) is 0 Å². The zero-order chi connectivity index (χ0) is 16.8. The molecule has 3 aliphatic heterocycles. The monoisotopic (exact) mass is 352 g/mol. The summed E-state index contributed by atoms with van der Waals surface area (Å²) in [6.07, 6.45) is 2.53. The van der Waals surface area contributed by atoms with Gasteiger partial charge in [-0.3, -0.25) is 0 Å². The minimum atomic E-state index is 0.621. The number of methoxy groups -OCH3 is 1. The number of ether oxygens (including phenoxy) is 1. The normalized spacial score (nSPS) is 24.4. The van der Waals surface area contributed by atoms with Crippen molar-refractivity contribution in [2.45, 2.75) is 29.7 Å². The van der Waals surface area contributed by atoms with Gasteiger partial charge in [0.25, 0.3) is 0 Å². The van der Waals surface area contributed by atoms with Crippen LogP contribution in [0.25, 0.3) is 11.1 Å². The van der Waals surface area contributed by atoms with Crippen LogP contribution in [0.1, 0.15) is 24.3 Å². The Bertz CT molecular complexity index is 806. The summed E-state index contributed by atoms with van der Waals surface area (Å²) < 4.78 is 5.63. The molecular formula is C21H24N2OS. The predicted molar refractivity (Wildman–Crippen MR) is 105 cm³/mol. The number of para-hydroxylation sites is 1. The molecule has 0 amide bonds. The Morgan fingerprint density at radius 1 is 1.24 bits per heavy atom. The van der Waals surface area contributed by atoms with Crippen LogP contribution in [0.3, 0.4) is 0 Å². The molecule has 4 heteroatoms. The molecule has 2 aromatic rings. The van der Waals surface area contributed by atoms with E-state index in [1.165, 1.54) is 46.8 Å². The van der Waals surface area contributed by atoms with Crippen molar-refractivity contribution in [3.63, 3.8) is 0 Å². The summed E-state index contributed by atoms with van der Waals surface area (Å²) in [5, 5.41) is 3.62. The molecule has 0 saturated carbocycles. The zero-order valence-corrected chi connectivity index (χ0v) is 15.4. The molecule has 130 valence electrons. The van der Waals surface area contributed by atoms with Gasteiger partial charge in [-0.15, -0.1) is 11.8 Å². The van der Waals surface area contributed by atoms with E-state index in [9.17, 15) is 0 Å². The standard InChI is InChI=1S/C21H24N2OS/c1-24-19-6-3-2-5-15(19)14-11-16-17-13-22-8-7-18(17)23-9-4-10-25-20(12-14)21(16)23/h2-3,5-6,11-12,17-18,22H,4,7-10,13H2,1H3. The molecule has 3 aliphatic rings. The lowest BCUT2D eigenvalue weighted by Crippen LogP contribution is -2.44. The van der Waals surface area contributed by atoms with Gasteiger partial charge in [-0.1, -0.05) is 18.2 Å². The number of thioether (sulfide) groups is 1. The topological polar surface area (TPSA) is 24.5 Å². The molecule has 0 aliphatic carbocycles. The lowest BCUT2D eigenvalue weighted by Gasteiger charge is -2.33. The van der Waals surface area contributed by atoms with Gasteiger partial charge in [-0.05, 0) is 54.5 Å². The second-order valence-electron chi connectivity index (χ2n) is 7.17. The average Bonchev–Trinajstić information content (AvgIpc) is 2.83. The Morgan fingerprint density at radius 3 is 3.08 bits per heavy atom. The summed E-state index contributed by atoms with van der Waals surface area (Å²) >= 11 is 2.03. The molecule has 0 aromatic heterocycles. The second kappa shape index (κ2) is 6.26. The summed E-state index contributed by atoms with van der Waals surface area (Å²) in [6.45, 7) is 3.46. The van der Waals surface area contributed by atoms with Gasteiger partial charge in [0.2, 0.25) is 0 Å². The molecule has 2 unspecified atom stereocenters. The summed E-state index contributed by atoms with van der Waals surface area (Å²) in [6, 6.07) is 13.9. The number of nitrogens with one attached hydrogen (secondary N) is 1. The Labute approximate surface area is 153 Å². The maximum absolute atomic E-state index is 5.63. The molecule has 0 radical (unpaired) electrons.